The molecule has 0 saturated carbocycles. The molecule has 0 spiro atoms. The van der Waals surface area contributed by atoms with Gasteiger partial charge in [0.1, 0.15) is 17.4 Å². The zero-order chi connectivity index (χ0) is 12.7. The number of hydrogen-bond donors (Lipinski definition) is 3. The third-order valence-corrected chi connectivity index (χ3v) is 2.05. The summed E-state index contributed by atoms with van der Waals surface area (Å²) in [6, 6.07) is 4.64. The summed E-state index contributed by atoms with van der Waals surface area (Å²) in [6.07, 6.45) is 0. The van der Waals surface area contributed by atoms with Gasteiger partial charge in [-0.1, -0.05) is 6.07 Å². The van der Waals surface area contributed by atoms with Crippen molar-refractivity contribution in [2.24, 2.45) is 0 Å². The molecule has 0 aliphatic rings. The molecule has 0 radical (unpaired) electrons. The van der Waals surface area contributed by atoms with Gasteiger partial charge in [-0.15, -0.1) is 0 Å². The molecule has 0 heterocycles. The van der Waals surface area contributed by atoms with E-state index in [4.69, 9.17) is 32.0 Å². The summed E-state index contributed by atoms with van der Waals surface area (Å²) in [5.74, 6) is -0.960. The topological polar surface area (TPSA) is 110 Å². The van der Waals surface area contributed by atoms with Gasteiger partial charge >= 0.3 is 42.8 Å². The van der Waals surface area contributed by atoms with Crippen molar-refractivity contribution in [1.82, 2.24) is 0 Å². The fourth-order valence-corrected chi connectivity index (χ4v) is 1.46. The maximum absolute atomic E-state index is 10.6. The number of carboxylic acid groups (broad SMARTS) is 1. The Morgan fingerprint density at radius 2 is 1.94 bits per heavy atom. The Kier molecular flexibility index (Phi) is 11.7. The van der Waals surface area contributed by atoms with Gasteiger partial charge in [0.25, 0.3) is 0 Å². The molecule has 0 unspecified atom stereocenters. The van der Waals surface area contributed by atoms with Crippen molar-refractivity contribution in [2.75, 3.05) is 0 Å². The molecule has 6 nitrogen and oxygen atoms in total. The van der Waals surface area contributed by atoms with Crippen LogP contribution >= 0.6 is 27.8 Å². The zero-order valence-electron chi connectivity index (χ0n) is 8.63. The van der Waals surface area contributed by atoms with E-state index >= 15 is 0 Å². The van der Waals surface area contributed by atoms with Gasteiger partial charge in [0, 0.05) is 0 Å². The number of benzene rings is 1. The molecule has 0 aliphatic heterocycles. The second-order valence-corrected chi connectivity index (χ2v) is 3.33. The number of rotatable bonds is 2. The number of aromatic carboxylic acids is 1. The third-order valence-electron chi connectivity index (χ3n) is 1.27. The molecule has 1 aromatic carbocycles. The Morgan fingerprint density at radius 1 is 1.47 bits per heavy atom. The van der Waals surface area contributed by atoms with Crippen LogP contribution in [-0.2, 0) is 0 Å². The van der Waals surface area contributed by atoms with Crippen molar-refractivity contribution in [2.45, 2.75) is 0 Å². The molecule has 10 heteroatoms. The minimum Gasteiger partial charge on any atom is -0.832 e. The van der Waals surface area contributed by atoms with Crippen LogP contribution in [0.2, 0.25) is 0 Å². The van der Waals surface area contributed by atoms with E-state index in [0.29, 0.717) is 4.47 Å². The Bertz CT molecular complexity index is 363. The van der Waals surface area contributed by atoms with E-state index in [1.807, 2.05) is 0 Å². The van der Waals surface area contributed by atoms with Gasteiger partial charge in [0.2, 0.25) is 0 Å². The van der Waals surface area contributed by atoms with Gasteiger partial charge in [0.15, 0.2) is 5.75 Å². The van der Waals surface area contributed by atoms with Crippen molar-refractivity contribution in [3.8, 4) is 5.75 Å². The first-order valence-corrected chi connectivity index (χ1v) is 4.82. The maximum Gasteiger partial charge on any atom is 1.00 e. The SMILES string of the molecule is O=C(O)c1cccc(Br)c1OCl.[Na+].[O-]B(O)O. The van der Waals surface area contributed by atoms with Crippen molar-refractivity contribution in [1.29, 1.82) is 0 Å². The van der Waals surface area contributed by atoms with Gasteiger partial charge in [0.05, 0.1) is 4.47 Å². The van der Waals surface area contributed by atoms with Crippen LogP contribution in [0.15, 0.2) is 22.7 Å². The summed E-state index contributed by atoms with van der Waals surface area (Å²) < 4.78 is 4.89. The standard InChI is InChI=1S/C7H4BrClO3.BH2O3.Na/c8-5-3-1-2-4(7(10)11)6(5)12-9;2-1(3)4;/h1-3H,(H,10,11);2-3H;/q;-1;+1. The van der Waals surface area contributed by atoms with Crippen molar-refractivity contribution in [3.05, 3.63) is 28.2 Å². The largest absolute Gasteiger partial charge is 1.00 e. The summed E-state index contributed by atoms with van der Waals surface area (Å²) in [5, 5.41) is 31.4. The monoisotopic (exact) mass is 334 g/mol. The van der Waals surface area contributed by atoms with Crippen molar-refractivity contribution in [3.63, 3.8) is 0 Å². The van der Waals surface area contributed by atoms with Gasteiger partial charge in [-0.2, -0.15) is 0 Å². The quantitative estimate of drug-likeness (QED) is 0.497. The van der Waals surface area contributed by atoms with E-state index in [2.05, 4.69) is 20.2 Å². The number of hydrogen-bond acceptors (Lipinski definition) is 5. The van der Waals surface area contributed by atoms with E-state index in [9.17, 15) is 4.79 Å². The Hall–Kier alpha value is 0.205. The first-order chi connectivity index (χ1) is 7.40. The molecular formula is C7H6BBrClNaO6. The molecule has 0 amide bonds. The average Bonchev–Trinajstić information content (AvgIpc) is 2.16. The molecule has 0 atom stereocenters. The predicted octanol–water partition coefficient (Wildman–Crippen LogP) is -3.00. The normalized spacial score (nSPS) is 8.29. The van der Waals surface area contributed by atoms with Crippen LogP contribution in [0.1, 0.15) is 10.4 Å². The molecule has 0 saturated heterocycles. The molecular weight excluding hydrogens is 329 g/mol. The van der Waals surface area contributed by atoms with Crippen LogP contribution in [0.3, 0.4) is 0 Å². The van der Waals surface area contributed by atoms with Crippen LogP contribution in [0.5, 0.6) is 5.75 Å². The van der Waals surface area contributed by atoms with Crippen LogP contribution in [0, 0.1) is 0 Å². The molecule has 3 N–H and O–H groups in total. The van der Waals surface area contributed by atoms with E-state index in [1.54, 1.807) is 12.1 Å². The fraction of sp³-hybridized carbons (Fsp3) is 0. The number of carboxylic acids is 1. The van der Waals surface area contributed by atoms with Crippen LogP contribution in [0.25, 0.3) is 0 Å². The Morgan fingerprint density at radius 3 is 2.24 bits per heavy atom. The van der Waals surface area contributed by atoms with Crippen LogP contribution < -0.4 is 38.9 Å². The fourth-order valence-electron chi connectivity index (χ4n) is 0.756. The number of halogens is 2. The molecule has 0 fully saturated rings. The predicted molar refractivity (Wildman–Crippen MR) is 57.8 cm³/mol. The van der Waals surface area contributed by atoms with Gasteiger partial charge < -0.3 is 24.5 Å². The summed E-state index contributed by atoms with van der Waals surface area (Å²) >= 11 is 8.19. The van der Waals surface area contributed by atoms with E-state index in [-0.39, 0.29) is 40.9 Å². The van der Waals surface area contributed by atoms with Crippen molar-refractivity contribution >= 4 is 41.1 Å². The smallest absolute Gasteiger partial charge is 0.832 e. The second kappa shape index (κ2) is 10.2. The summed E-state index contributed by atoms with van der Waals surface area (Å²) in [7, 11) is -2.42. The summed E-state index contributed by atoms with van der Waals surface area (Å²) in [5.41, 5.74) is 0.0272. The van der Waals surface area contributed by atoms with Crippen molar-refractivity contribution < 1.29 is 58.8 Å². The van der Waals surface area contributed by atoms with Gasteiger partial charge in [-0.05, 0) is 28.1 Å². The average molecular weight is 335 g/mol. The molecule has 1 aromatic rings. The third kappa shape index (κ3) is 8.01. The number of carbonyl (C=O) groups is 1. The molecule has 88 valence electrons. The van der Waals surface area contributed by atoms with Gasteiger partial charge in [-0.25, -0.2) is 4.79 Å². The van der Waals surface area contributed by atoms with Gasteiger partial charge in [-0.3, -0.25) is 0 Å². The van der Waals surface area contributed by atoms with Crippen LogP contribution in [-0.4, -0.2) is 28.4 Å². The summed E-state index contributed by atoms with van der Waals surface area (Å²) in [4.78, 5) is 10.6. The van der Waals surface area contributed by atoms with E-state index in [0.717, 1.165) is 0 Å². The second-order valence-electron chi connectivity index (χ2n) is 2.33. The molecule has 0 bridgehead atoms. The molecule has 1 rings (SSSR count). The summed E-state index contributed by atoms with van der Waals surface area (Å²) in [6.45, 7) is 0. The van der Waals surface area contributed by atoms with Crippen LogP contribution in [0.4, 0.5) is 0 Å². The van der Waals surface area contributed by atoms with E-state index in [1.165, 1.54) is 6.07 Å². The minimum atomic E-state index is -2.42. The first-order valence-electron chi connectivity index (χ1n) is 3.72. The minimum absolute atomic E-state index is 0. The molecule has 17 heavy (non-hydrogen) atoms. The molecule has 0 aliphatic carbocycles. The maximum atomic E-state index is 10.6. The Labute approximate surface area is 133 Å². The van der Waals surface area contributed by atoms with E-state index < -0.39 is 13.3 Å². The zero-order valence-corrected chi connectivity index (χ0v) is 13.0. The molecule has 0 aromatic heterocycles. The first kappa shape index (κ1) is 19.5. The Balaban J connectivity index is 0. The number of para-hydroxylation sites is 1.